The Hall–Kier alpha value is -0.210. The molecule has 0 aromatic rings. The molecule has 2 fully saturated rings. The van der Waals surface area contributed by atoms with Gasteiger partial charge in [0.25, 0.3) is 0 Å². The first-order valence-electron chi connectivity index (χ1n) is 7.20. The zero-order valence-electron chi connectivity index (χ0n) is 13.0. The molecule has 0 radical (unpaired) electrons. The van der Waals surface area contributed by atoms with Gasteiger partial charge >= 0.3 is 0 Å². The Balaban J connectivity index is 2.00. The number of likely N-dealkylation sites (N-methyl/N-ethyl adjacent to an activating group) is 2. The summed E-state index contributed by atoms with van der Waals surface area (Å²) in [5.74, 6) is 0.0944. The van der Waals surface area contributed by atoms with E-state index in [1.807, 2.05) is 14.1 Å². The standard InChI is InChI=1S/C13H27N3O3S/c1-13(2)11-16(6-5-15(13)4)20(17,18)10-12-9-14(3)7-8-19-12/h12H,5-11H2,1-4H3. The van der Waals surface area contributed by atoms with Crippen molar-refractivity contribution in [2.45, 2.75) is 25.5 Å². The number of piperazine rings is 1. The van der Waals surface area contributed by atoms with Gasteiger partial charge in [0.1, 0.15) is 0 Å². The highest BCUT2D eigenvalue weighted by Gasteiger charge is 2.37. The molecule has 0 saturated carbocycles. The van der Waals surface area contributed by atoms with Crippen LogP contribution in [0.3, 0.4) is 0 Å². The predicted molar refractivity (Wildman–Crippen MR) is 79.3 cm³/mol. The van der Waals surface area contributed by atoms with Crippen LogP contribution in [-0.4, -0.2) is 93.3 Å². The maximum Gasteiger partial charge on any atom is 0.216 e. The fourth-order valence-corrected chi connectivity index (χ4v) is 4.50. The monoisotopic (exact) mass is 305 g/mol. The number of hydrogen-bond acceptors (Lipinski definition) is 5. The van der Waals surface area contributed by atoms with Crippen molar-refractivity contribution >= 4 is 10.0 Å². The van der Waals surface area contributed by atoms with E-state index in [9.17, 15) is 8.42 Å². The minimum absolute atomic E-state index is 0.0944. The van der Waals surface area contributed by atoms with Crippen LogP contribution in [0.4, 0.5) is 0 Å². The van der Waals surface area contributed by atoms with Crippen LogP contribution in [0.25, 0.3) is 0 Å². The van der Waals surface area contributed by atoms with E-state index < -0.39 is 10.0 Å². The molecule has 2 aliphatic rings. The van der Waals surface area contributed by atoms with Gasteiger partial charge in [0.05, 0.1) is 18.5 Å². The lowest BCUT2D eigenvalue weighted by Crippen LogP contribution is -2.59. The molecule has 1 atom stereocenters. The van der Waals surface area contributed by atoms with Crippen LogP contribution in [0.5, 0.6) is 0 Å². The molecule has 2 heterocycles. The number of ether oxygens (including phenoxy) is 1. The average Bonchev–Trinajstić information content (AvgIpc) is 2.32. The summed E-state index contributed by atoms with van der Waals surface area (Å²) in [6.07, 6.45) is -0.207. The van der Waals surface area contributed by atoms with E-state index in [1.165, 1.54) is 0 Å². The van der Waals surface area contributed by atoms with E-state index in [-0.39, 0.29) is 17.4 Å². The van der Waals surface area contributed by atoms with Crippen molar-refractivity contribution in [2.75, 3.05) is 59.2 Å². The van der Waals surface area contributed by atoms with Crippen molar-refractivity contribution in [2.24, 2.45) is 0 Å². The number of morpholine rings is 1. The van der Waals surface area contributed by atoms with Gasteiger partial charge in [0.15, 0.2) is 0 Å². The largest absolute Gasteiger partial charge is 0.374 e. The highest BCUT2D eigenvalue weighted by atomic mass is 32.2. The second-order valence-electron chi connectivity index (χ2n) is 6.60. The Morgan fingerprint density at radius 2 is 1.90 bits per heavy atom. The molecule has 7 heteroatoms. The number of sulfonamides is 1. The van der Waals surface area contributed by atoms with E-state index in [0.717, 1.165) is 13.1 Å². The summed E-state index contributed by atoms with van der Waals surface area (Å²) in [7, 11) is 0.800. The molecule has 0 N–H and O–H groups in total. The van der Waals surface area contributed by atoms with Crippen LogP contribution in [0.2, 0.25) is 0 Å². The third kappa shape index (κ3) is 3.71. The van der Waals surface area contributed by atoms with Crippen molar-refractivity contribution in [3.05, 3.63) is 0 Å². The lowest BCUT2D eigenvalue weighted by molar-refractivity contribution is -0.00780. The predicted octanol–water partition coefficient (Wildman–Crippen LogP) is -0.327. The highest BCUT2D eigenvalue weighted by Crippen LogP contribution is 2.22. The van der Waals surface area contributed by atoms with E-state index >= 15 is 0 Å². The zero-order valence-corrected chi connectivity index (χ0v) is 13.8. The van der Waals surface area contributed by atoms with Gasteiger partial charge in [-0.2, -0.15) is 4.31 Å². The van der Waals surface area contributed by atoms with Gasteiger partial charge in [-0.05, 0) is 27.9 Å². The van der Waals surface area contributed by atoms with Gasteiger partial charge in [-0.1, -0.05) is 0 Å². The van der Waals surface area contributed by atoms with Gasteiger partial charge < -0.3 is 9.64 Å². The Morgan fingerprint density at radius 3 is 2.50 bits per heavy atom. The highest BCUT2D eigenvalue weighted by molar-refractivity contribution is 7.89. The summed E-state index contributed by atoms with van der Waals surface area (Å²) in [4.78, 5) is 4.33. The van der Waals surface area contributed by atoms with Gasteiger partial charge in [0.2, 0.25) is 10.0 Å². The van der Waals surface area contributed by atoms with E-state index in [4.69, 9.17) is 4.74 Å². The summed E-state index contributed by atoms with van der Waals surface area (Å²) < 4.78 is 32.3. The Kier molecular flexibility index (Phi) is 4.76. The maximum atomic E-state index is 12.6. The first-order chi connectivity index (χ1) is 9.21. The lowest BCUT2D eigenvalue weighted by atomic mass is 10.0. The topological polar surface area (TPSA) is 53.1 Å². The molecule has 0 spiro atoms. The van der Waals surface area contributed by atoms with Crippen LogP contribution < -0.4 is 0 Å². The van der Waals surface area contributed by atoms with Crippen LogP contribution in [0.15, 0.2) is 0 Å². The third-order valence-corrected chi connectivity index (χ3v) is 6.30. The van der Waals surface area contributed by atoms with Gasteiger partial charge in [-0.3, -0.25) is 4.90 Å². The Bertz CT molecular complexity index is 438. The van der Waals surface area contributed by atoms with Crippen molar-refractivity contribution in [1.82, 2.24) is 14.1 Å². The average molecular weight is 305 g/mol. The molecule has 0 aromatic heterocycles. The smallest absolute Gasteiger partial charge is 0.216 e. The summed E-state index contributed by atoms with van der Waals surface area (Å²) in [6.45, 7) is 8.25. The third-order valence-electron chi connectivity index (χ3n) is 4.41. The number of rotatable bonds is 3. The number of hydrogen-bond donors (Lipinski definition) is 0. The first kappa shape index (κ1) is 16.2. The maximum absolute atomic E-state index is 12.6. The summed E-state index contributed by atoms with van der Waals surface area (Å²) >= 11 is 0. The minimum atomic E-state index is -3.25. The molecular formula is C13H27N3O3S. The summed E-state index contributed by atoms with van der Waals surface area (Å²) in [6, 6.07) is 0. The molecule has 2 saturated heterocycles. The fraction of sp³-hybridized carbons (Fsp3) is 1.00. The minimum Gasteiger partial charge on any atom is -0.374 e. The molecule has 0 aliphatic carbocycles. The van der Waals surface area contributed by atoms with Crippen LogP contribution in [-0.2, 0) is 14.8 Å². The first-order valence-corrected chi connectivity index (χ1v) is 8.81. The van der Waals surface area contributed by atoms with Gasteiger partial charge in [-0.15, -0.1) is 0 Å². The van der Waals surface area contributed by atoms with Crippen LogP contribution >= 0.6 is 0 Å². The molecule has 2 rings (SSSR count). The molecular weight excluding hydrogens is 278 g/mol. The van der Waals surface area contributed by atoms with Crippen molar-refractivity contribution < 1.29 is 13.2 Å². The SMILES string of the molecule is CN1CCOC(CS(=O)(=O)N2CCN(C)C(C)(C)C2)C1. The van der Waals surface area contributed by atoms with E-state index in [2.05, 4.69) is 23.6 Å². The molecule has 1 unspecified atom stereocenters. The summed E-state index contributed by atoms with van der Waals surface area (Å²) in [5, 5.41) is 0. The number of nitrogens with zero attached hydrogens (tertiary/aromatic N) is 3. The van der Waals surface area contributed by atoms with Crippen molar-refractivity contribution in [3.63, 3.8) is 0 Å². The van der Waals surface area contributed by atoms with E-state index in [1.54, 1.807) is 4.31 Å². The Morgan fingerprint density at radius 1 is 1.20 bits per heavy atom. The normalized spacial score (nSPS) is 30.5. The molecule has 2 aliphatic heterocycles. The fourth-order valence-electron chi connectivity index (χ4n) is 2.74. The van der Waals surface area contributed by atoms with Crippen LogP contribution in [0.1, 0.15) is 13.8 Å². The second-order valence-corrected chi connectivity index (χ2v) is 8.61. The molecule has 0 bridgehead atoms. The quantitative estimate of drug-likeness (QED) is 0.715. The molecule has 6 nitrogen and oxygen atoms in total. The van der Waals surface area contributed by atoms with E-state index in [0.29, 0.717) is 26.2 Å². The van der Waals surface area contributed by atoms with Gasteiger partial charge in [-0.25, -0.2) is 8.42 Å². The van der Waals surface area contributed by atoms with Gasteiger partial charge in [0, 0.05) is 38.3 Å². The summed E-state index contributed by atoms with van der Waals surface area (Å²) in [5.41, 5.74) is -0.116. The molecule has 118 valence electrons. The molecule has 0 aromatic carbocycles. The van der Waals surface area contributed by atoms with Crippen LogP contribution in [0, 0.1) is 0 Å². The molecule has 20 heavy (non-hydrogen) atoms. The molecule has 0 amide bonds. The van der Waals surface area contributed by atoms with Crippen molar-refractivity contribution in [1.29, 1.82) is 0 Å². The van der Waals surface area contributed by atoms with Crippen molar-refractivity contribution in [3.8, 4) is 0 Å². The second kappa shape index (κ2) is 5.88. The zero-order chi connectivity index (χ0) is 15.0. The Labute approximate surface area is 122 Å². The lowest BCUT2D eigenvalue weighted by Gasteiger charge is -2.45.